The third-order valence-corrected chi connectivity index (χ3v) is 6.11. The summed E-state index contributed by atoms with van der Waals surface area (Å²) < 4.78 is 4.07. The Morgan fingerprint density at radius 3 is 2.79 bits per heavy atom. The van der Waals surface area contributed by atoms with E-state index in [0.717, 1.165) is 54.2 Å². The molecule has 0 atom stereocenters. The molecule has 5 heterocycles. The van der Waals surface area contributed by atoms with Gasteiger partial charge in [0, 0.05) is 48.5 Å². The number of anilines is 1. The van der Waals surface area contributed by atoms with Gasteiger partial charge in [-0.05, 0) is 44.0 Å². The third-order valence-electron chi connectivity index (χ3n) is 6.11. The maximum atomic E-state index is 13.2. The van der Waals surface area contributed by atoms with Crippen LogP contribution in [0.4, 0.5) is 5.69 Å². The second-order valence-electron chi connectivity index (χ2n) is 8.46. The van der Waals surface area contributed by atoms with Gasteiger partial charge < -0.3 is 9.88 Å². The van der Waals surface area contributed by atoms with Gasteiger partial charge in [0.1, 0.15) is 11.3 Å². The highest BCUT2D eigenvalue weighted by Crippen LogP contribution is 2.25. The highest BCUT2D eigenvalue weighted by molar-refractivity contribution is 6.11. The van der Waals surface area contributed by atoms with Gasteiger partial charge in [0.2, 0.25) is 5.78 Å². The van der Waals surface area contributed by atoms with Gasteiger partial charge in [-0.1, -0.05) is 18.6 Å². The lowest BCUT2D eigenvalue weighted by Crippen LogP contribution is -2.13. The van der Waals surface area contributed by atoms with Crippen molar-refractivity contribution in [1.82, 2.24) is 28.9 Å². The predicted molar refractivity (Wildman–Crippen MR) is 126 cm³/mol. The van der Waals surface area contributed by atoms with Crippen LogP contribution < -0.4 is 5.32 Å². The lowest BCUT2D eigenvalue weighted by Gasteiger charge is -2.08. The summed E-state index contributed by atoms with van der Waals surface area (Å²) in [5, 5.41) is 3.02. The number of aryl methyl sites for hydroxylation is 3. The third kappa shape index (κ3) is 3.53. The molecule has 0 fully saturated rings. The summed E-state index contributed by atoms with van der Waals surface area (Å²) in [5.41, 5.74) is 5.38. The highest BCUT2D eigenvalue weighted by Gasteiger charge is 2.21. The second-order valence-corrected chi connectivity index (χ2v) is 8.46. The number of nitrogens with one attached hydrogen (secondary N) is 1. The van der Waals surface area contributed by atoms with Crippen molar-refractivity contribution in [1.29, 1.82) is 0 Å². The first-order valence-corrected chi connectivity index (χ1v) is 11.2. The Bertz CT molecular complexity index is 1460. The number of benzene rings is 1. The average molecular weight is 438 g/mol. The lowest BCUT2D eigenvalue weighted by atomic mass is 10.1. The first-order valence-electron chi connectivity index (χ1n) is 11.2. The van der Waals surface area contributed by atoms with E-state index in [1.807, 2.05) is 60.1 Å². The van der Waals surface area contributed by atoms with E-state index in [1.54, 1.807) is 6.20 Å². The number of pyridine rings is 1. The summed E-state index contributed by atoms with van der Waals surface area (Å²) in [7, 11) is 0. The van der Waals surface area contributed by atoms with Crippen molar-refractivity contribution in [2.45, 2.75) is 39.2 Å². The molecule has 0 bridgehead atoms. The molecule has 8 heteroatoms. The van der Waals surface area contributed by atoms with E-state index in [0.29, 0.717) is 22.5 Å². The summed E-state index contributed by atoms with van der Waals surface area (Å²) >= 11 is 0. The number of hydrogen-bond donors (Lipinski definition) is 1. The minimum absolute atomic E-state index is 0.177. The molecule has 1 aliphatic heterocycles. The van der Waals surface area contributed by atoms with E-state index < -0.39 is 0 Å². The molecule has 1 amide bonds. The molecule has 0 unspecified atom stereocenters. The van der Waals surface area contributed by atoms with Gasteiger partial charge in [-0.25, -0.2) is 19.9 Å². The van der Waals surface area contributed by atoms with Gasteiger partial charge in [-0.3, -0.25) is 9.20 Å². The Labute approximate surface area is 190 Å². The van der Waals surface area contributed by atoms with Crippen molar-refractivity contribution in [3.05, 3.63) is 72.1 Å². The summed E-state index contributed by atoms with van der Waals surface area (Å²) in [4.78, 5) is 31.6. The Hall–Kier alpha value is -4.07. The van der Waals surface area contributed by atoms with Crippen LogP contribution in [0.1, 0.15) is 41.1 Å². The van der Waals surface area contributed by atoms with Gasteiger partial charge in [0.15, 0.2) is 5.65 Å². The largest absolute Gasteiger partial charge is 0.322 e. The van der Waals surface area contributed by atoms with Gasteiger partial charge >= 0.3 is 0 Å². The number of carbonyl (C=O) groups excluding carboxylic acids is 1. The smallest absolute Gasteiger partial charge is 0.258 e. The summed E-state index contributed by atoms with van der Waals surface area (Å²) in [6, 6.07) is 11.4. The number of rotatable bonds is 3. The van der Waals surface area contributed by atoms with Crippen LogP contribution in [0.2, 0.25) is 0 Å². The predicted octanol–water partition coefficient (Wildman–Crippen LogP) is 4.43. The summed E-state index contributed by atoms with van der Waals surface area (Å²) in [6.07, 6.45) is 9.95. The molecule has 1 N–H and O–H groups in total. The van der Waals surface area contributed by atoms with Crippen molar-refractivity contribution in [3.8, 4) is 11.3 Å². The molecule has 4 aromatic heterocycles. The topological polar surface area (TPSA) is 90.0 Å². The van der Waals surface area contributed by atoms with Crippen molar-refractivity contribution < 1.29 is 4.79 Å². The average Bonchev–Trinajstić information content (AvgIpc) is 3.32. The lowest BCUT2D eigenvalue weighted by molar-refractivity contribution is 0.102. The Balaban J connectivity index is 1.29. The minimum Gasteiger partial charge on any atom is -0.322 e. The van der Waals surface area contributed by atoms with Crippen LogP contribution in [-0.2, 0) is 13.0 Å². The molecule has 0 saturated carbocycles. The van der Waals surface area contributed by atoms with Crippen LogP contribution in [0.25, 0.3) is 28.2 Å². The molecule has 1 aromatic carbocycles. The van der Waals surface area contributed by atoms with E-state index in [-0.39, 0.29) is 5.91 Å². The molecule has 0 aliphatic carbocycles. The van der Waals surface area contributed by atoms with Crippen molar-refractivity contribution in [2.75, 3.05) is 5.32 Å². The Morgan fingerprint density at radius 1 is 1.06 bits per heavy atom. The van der Waals surface area contributed by atoms with E-state index in [2.05, 4.69) is 19.9 Å². The van der Waals surface area contributed by atoms with Crippen LogP contribution in [0.15, 0.2) is 55.0 Å². The Morgan fingerprint density at radius 2 is 1.94 bits per heavy atom. The van der Waals surface area contributed by atoms with Crippen LogP contribution >= 0.6 is 0 Å². The summed E-state index contributed by atoms with van der Waals surface area (Å²) in [5.74, 6) is 1.50. The maximum Gasteiger partial charge on any atom is 0.258 e. The van der Waals surface area contributed by atoms with Crippen LogP contribution in [0, 0.1) is 6.92 Å². The van der Waals surface area contributed by atoms with Gasteiger partial charge in [0.25, 0.3) is 5.91 Å². The molecule has 0 saturated heterocycles. The molecule has 0 radical (unpaired) electrons. The Kier molecular flexibility index (Phi) is 4.64. The zero-order valence-electron chi connectivity index (χ0n) is 18.3. The maximum absolute atomic E-state index is 13.2. The molecular weight excluding hydrogens is 414 g/mol. The molecule has 164 valence electrons. The number of aromatic nitrogens is 6. The molecule has 33 heavy (non-hydrogen) atoms. The first kappa shape index (κ1) is 19.6. The standard InChI is InChI=1S/C25H23N7O/c1-16-14-19(22-23(27-16)32-13-4-2-3-6-21(32)30-22)24(33)28-18-9-7-17(8-10-18)20-15-31-12-5-11-26-25(31)29-20/h5,7-12,14-15H,2-4,6,13H2,1H3,(H,28,33). The molecule has 0 spiro atoms. The molecule has 6 rings (SSSR count). The number of fused-ring (bicyclic) bond motifs is 4. The minimum atomic E-state index is -0.177. The zero-order chi connectivity index (χ0) is 22.4. The van der Waals surface area contributed by atoms with Crippen LogP contribution in [0.3, 0.4) is 0 Å². The first-order chi connectivity index (χ1) is 16.2. The fraction of sp³-hybridized carbons (Fsp3) is 0.240. The summed E-state index contributed by atoms with van der Waals surface area (Å²) in [6.45, 7) is 2.83. The number of nitrogens with zero attached hydrogens (tertiary/aromatic N) is 6. The van der Waals surface area contributed by atoms with Crippen molar-refractivity contribution in [3.63, 3.8) is 0 Å². The van der Waals surface area contributed by atoms with Crippen LogP contribution in [-0.4, -0.2) is 34.8 Å². The number of hydrogen-bond acceptors (Lipinski definition) is 5. The van der Waals surface area contributed by atoms with Crippen LogP contribution in [0.5, 0.6) is 0 Å². The van der Waals surface area contributed by atoms with E-state index in [4.69, 9.17) is 9.97 Å². The molecular formula is C25H23N7O. The monoisotopic (exact) mass is 437 g/mol. The van der Waals surface area contributed by atoms with Gasteiger partial charge in [-0.2, -0.15) is 0 Å². The molecule has 1 aliphatic rings. The highest BCUT2D eigenvalue weighted by atomic mass is 16.1. The SMILES string of the molecule is Cc1cc(C(=O)Nc2ccc(-c3cn4cccnc4n3)cc2)c2nc3n(c2n1)CCCCC3. The van der Waals surface area contributed by atoms with Crippen molar-refractivity contribution >= 4 is 28.5 Å². The zero-order valence-corrected chi connectivity index (χ0v) is 18.3. The number of amides is 1. The van der Waals surface area contributed by atoms with Crippen molar-refractivity contribution in [2.24, 2.45) is 0 Å². The van der Waals surface area contributed by atoms with Gasteiger partial charge in [-0.15, -0.1) is 0 Å². The fourth-order valence-corrected chi connectivity index (χ4v) is 4.48. The van der Waals surface area contributed by atoms with Gasteiger partial charge in [0.05, 0.1) is 11.3 Å². The second kappa shape index (κ2) is 7.81. The quantitative estimate of drug-likeness (QED) is 0.451. The molecule has 8 nitrogen and oxygen atoms in total. The van der Waals surface area contributed by atoms with E-state index in [9.17, 15) is 4.79 Å². The normalized spacial score (nSPS) is 13.7. The number of imidazole rings is 2. The van der Waals surface area contributed by atoms with E-state index >= 15 is 0 Å². The van der Waals surface area contributed by atoms with E-state index in [1.165, 1.54) is 6.42 Å². The fourth-order valence-electron chi connectivity index (χ4n) is 4.48. The molecule has 5 aromatic rings. The number of carbonyl (C=O) groups is 1.